The van der Waals surface area contributed by atoms with Gasteiger partial charge < -0.3 is 0 Å². The van der Waals surface area contributed by atoms with Crippen LogP contribution in [0.3, 0.4) is 0 Å². The second kappa shape index (κ2) is 8.07. The third-order valence-corrected chi connectivity index (χ3v) is 8.89. The molecule has 0 saturated carbocycles. The summed E-state index contributed by atoms with van der Waals surface area (Å²) in [6.07, 6.45) is 1.44. The van der Waals surface area contributed by atoms with Crippen LogP contribution in [-0.4, -0.2) is 51.6 Å². The van der Waals surface area contributed by atoms with Gasteiger partial charge in [-0.05, 0) is 43.3 Å². The van der Waals surface area contributed by atoms with Crippen LogP contribution in [0.4, 0.5) is 0 Å². The lowest BCUT2D eigenvalue weighted by molar-refractivity contribution is 0.195. The SMILES string of the molecule is Cc1ccc2c(c1)c(=O)n(C)c1nnc(CN3CCC(NS(=O)(=O)c4cccs4)CC3)n21. The van der Waals surface area contributed by atoms with E-state index in [-0.39, 0.29) is 11.6 Å². The Bertz CT molecular complexity index is 1450. The highest BCUT2D eigenvalue weighted by Crippen LogP contribution is 2.21. The Morgan fingerprint density at radius 1 is 1.19 bits per heavy atom. The van der Waals surface area contributed by atoms with Gasteiger partial charge in [0.05, 0.1) is 17.4 Å². The maximum absolute atomic E-state index is 12.7. The van der Waals surface area contributed by atoms with E-state index in [2.05, 4.69) is 19.8 Å². The number of nitrogens with one attached hydrogen (secondary N) is 1. The topological polar surface area (TPSA) is 102 Å². The molecule has 0 aliphatic carbocycles. The minimum absolute atomic E-state index is 0.0851. The number of rotatable bonds is 5. The number of aryl methyl sites for hydroxylation is 2. The molecule has 1 aliphatic rings. The van der Waals surface area contributed by atoms with E-state index in [1.165, 1.54) is 15.9 Å². The first kappa shape index (κ1) is 21.3. The number of hydrogen-bond donors (Lipinski definition) is 1. The molecule has 0 atom stereocenters. The molecular formula is C21H24N6O3S2. The van der Waals surface area contributed by atoms with Crippen molar-refractivity contribution >= 4 is 38.0 Å². The van der Waals surface area contributed by atoms with E-state index in [4.69, 9.17) is 0 Å². The van der Waals surface area contributed by atoms with Crippen LogP contribution in [0.15, 0.2) is 44.7 Å². The maximum Gasteiger partial charge on any atom is 0.262 e. The Kier molecular flexibility index (Phi) is 5.36. The number of piperidine rings is 1. The second-order valence-electron chi connectivity index (χ2n) is 8.24. The molecule has 0 amide bonds. The van der Waals surface area contributed by atoms with Gasteiger partial charge in [0, 0.05) is 26.2 Å². The zero-order valence-electron chi connectivity index (χ0n) is 17.9. The van der Waals surface area contributed by atoms with E-state index in [0.29, 0.717) is 21.9 Å². The minimum atomic E-state index is -3.46. The molecule has 9 nitrogen and oxygen atoms in total. The molecule has 4 aromatic rings. The van der Waals surface area contributed by atoms with E-state index in [0.717, 1.165) is 42.8 Å². The number of aromatic nitrogens is 4. The molecule has 11 heteroatoms. The Morgan fingerprint density at radius 2 is 1.97 bits per heavy atom. The maximum atomic E-state index is 12.7. The number of thiophene rings is 1. The fourth-order valence-electron chi connectivity index (χ4n) is 4.26. The Balaban J connectivity index is 1.35. The smallest absolute Gasteiger partial charge is 0.262 e. The van der Waals surface area contributed by atoms with Crippen LogP contribution in [0, 0.1) is 6.92 Å². The standard InChI is InChI=1S/C21H24N6O3S2/c1-14-5-6-17-16(12-14)20(28)25(2)21-23-22-18(27(17)21)13-26-9-7-15(8-10-26)24-32(29,30)19-4-3-11-31-19/h3-6,11-12,15,24H,7-10,13H2,1-2H3. The third kappa shape index (κ3) is 3.75. The third-order valence-electron chi connectivity index (χ3n) is 5.98. The predicted molar refractivity (Wildman–Crippen MR) is 123 cm³/mol. The molecule has 1 saturated heterocycles. The number of hydrogen-bond acceptors (Lipinski definition) is 7. The van der Waals surface area contributed by atoms with Crippen molar-refractivity contribution in [2.75, 3.05) is 13.1 Å². The average molecular weight is 473 g/mol. The largest absolute Gasteiger partial charge is 0.296 e. The van der Waals surface area contributed by atoms with E-state index in [1.807, 2.05) is 29.5 Å². The second-order valence-corrected chi connectivity index (χ2v) is 11.1. The number of sulfonamides is 1. The van der Waals surface area contributed by atoms with Crippen molar-refractivity contribution in [3.05, 3.63) is 57.5 Å². The lowest BCUT2D eigenvalue weighted by Gasteiger charge is -2.31. The fraction of sp³-hybridized carbons (Fsp3) is 0.381. The number of benzene rings is 1. The molecule has 32 heavy (non-hydrogen) atoms. The van der Waals surface area contributed by atoms with Crippen LogP contribution in [-0.2, 0) is 23.6 Å². The zero-order chi connectivity index (χ0) is 22.5. The van der Waals surface area contributed by atoms with Gasteiger partial charge in [0.2, 0.25) is 15.8 Å². The van der Waals surface area contributed by atoms with Gasteiger partial charge in [-0.2, -0.15) is 0 Å². The lowest BCUT2D eigenvalue weighted by Crippen LogP contribution is -2.44. The van der Waals surface area contributed by atoms with Crippen molar-refractivity contribution in [2.45, 2.75) is 36.6 Å². The molecule has 4 heterocycles. The first-order valence-electron chi connectivity index (χ1n) is 10.4. The molecule has 168 valence electrons. The van der Waals surface area contributed by atoms with Crippen LogP contribution in [0.2, 0.25) is 0 Å². The molecule has 3 aromatic heterocycles. The van der Waals surface area contributed by atoms with E-state index in [1.54, 1.807) is 24.6 Å². The summed E-state index contributed by atoms with van der Waals surface area (Å²) < 4.78 is 31.6. The molecule has 1 aliphatic heterocycles. The van der Waals surface area contributed by atoms with Gasteiger partial charge in [0.15, 0.2) is 5.82 Å². The average Bonchev–Trinajstić information content (AvgIpc) is 3.44. The van der Waals surface area contributed by atoms with Crippen molar-refractivity contribution in [2.24, 2.45) is 7.05 Å². The fourth-order valence-corrected chi connectivity index (χ4v) is 6.58. The summed E-state index contributed by atoms with van der Waals surface area (Å²) in [4.78, 5) is 15.0. The molecule has 1 fully saturated rings. The van der Waals surface area contributed by atoms with Crippen molar-refractivity contribution in [3.63, 3.8) is 0 Å². The van der Waals surface area contributed by atoms with Crippen LogP contribution < -0.4 is 10.3 Å². The molecule has 0 unspecified atom stereocenters. The lowest BCUT2D eigenvalue weighted by atomic mass is 10.1. The molecule has 0 spiro atoms. The highest BCUT2D eigenvalue weighted by Gasteiger charge is 2.26. The van der Waals surface area contributed by atoms with Gasteiger partial charge in [0.25, 0.3) is 5.56 Å². The zero-order valence-corrected chi connectivity index (χ0v) is 19.5. The predicted octanol–water partition coefficient (Wildman–Crippen LogP) is 1.89. The Morgan fingerprint density at radius 3 is 2.69 bits per heavy atom. The summed E-state index contributed by atoms with van der Waals surface area (Å²) >= 11 is 1.22. The molecular weight excluding hydrogens is 448 g/mol. The van der Waals surface area contributed by atoms with Crippen LogP contribution >= 0.6 is 11.3 Å². The highest BCUT2D eigenvalue weighted by atomic mass is 32.2. The Labute approximate surface area is 189 Å². The number of likely N-dealkylation sites (tertiary alicyclic amines) is 1. The van der Waals surface area contributed by atoms with Crippen LogP contribution in [0.1, 0.15) is 24.2 Å². The molecule has 1 aromatic carbocycles. The summed E-state index contributed by atoms with van der Waals surface area (Å²) in [5.74, 6) is 1.28. The highest BCUT2D eigenvalue weighted by molar-refractivity contribution is 7.91. The van der Waals surface area contributed by atoms with Crippen LogP contribution in [0.5, 0.6) is 0 Å². The molecule has 0 radical (unpaired) electrons. The number of fused-ring (bicyclic) bond motifs is 3. The van der Waals surface area contributed by atoms with Gasteiger partial charge >= 0.3 is 0 Å². The monoisotopic (exact) mass is 472 g/mol. The van der Waals surface area contributed by atoms with E-state index in [9.17, 15) is 13.2 Å². The van der Waals surface area contributed by atoms with Gasteiger partial charge in [-0.15, -0.1) is 21.5 Å². The quantitative estimate of drug-likeness (QED) is 0.476. The van der Waals surface area contributed by atoms with E-state index >= 15 is 0 Å². The summed E-state index contributed by atoms with van der Waals surface area (Å²) in [7, 11) is -1.75. The van der Waals surface area contributed by atoms with Crippen LogP contribution in [0.25, 0.3) is 16.7 Å². The molecule has 5 rings (SSSR count). The summed E-state index contributed by atoms with van der Waals surface area (Å²) in [5, 5.41) is 11.1. The first-order valence-corrected chi connectivity index (χ1v) is 12.8. The van der Waals surface area contributed by atoms with Crippen molar-refractivity contribution in [1.29, 1.82) is 0 Å². The van der Waals surface area contributed by atoms with Gasteiger partial charge in [0.1, 0.15) is 4.21 Å². The summed E-state index contributed by atoms with van der Waals surface area (Å²) in [5.41, 5.74) is 1.73. The normalized spacial score (nSPS) is 16.3. The van der Waals surface area contributed by atoms with Gasteiger partial charge in [-0.25, -0.2) is 13.1 Å². The number of nitrogens with zero attached hydrogens (tertiary/aromatic N) is 5. The van der Waals surface area contributed by atoms with Gasteiger partial charge in [-0.1, -0.05) is 17.7 Å². The minimum Gasteiger partial charge on any atom is -0.296 e. The molecule has 1 N–H and O–H groups in total. The molecule has 0 bridgehead atoms. The van der Waals surface area contributed by atoms with Crippen molar-refractivity contribution < 1.29 is 8.42 Å². The van der Waals surface area contributed by atoms with Crippen molar-refractivity contribution in [1.82, 2.24) is 28.8 Å². The Hall–Kier alpha value is -2.60. The summed E-state index contributed by atoms with van der Waals surface area (Å²) in [6.45, 7) is 4.03. The summed E-state index contributed by atoms with van der Waals surface area (Å²) in [6, 6.07) is 9.10. The van der Waals surface area contributed by atoms with Crippen molar-refractivity contribution in [3.8, 4) is 0 Å². The first-order chi connectivity index (χ1) is 15.3. The van der Waals surface area contributed by atoms with E-state index < -0.39 is 10.0 Å². The van der Waals surface area contributed by atoms with Gasteiger partial charge in [-0.3, -0.25) is 18.7 Å².